The number of benzene rings is 2. The molecule has 1 aliphatic rings. The number of carboxylic acid groups (broad SMARTS) is 2. The van der Waals surface area contributed by atoms with E-state index in [1.165, 1.54) is 48.5 Å². The first kappa shape index (κ1) is 19.0. The maximum atomic E-state index is 11.7. The molecule has 1 fully saturated rings. The third kappa shape index (κ3) is 3.15. The largest absolute Gasteiger partial charge is 0.481 e. The van der Waals surface area contributed by atoms with Crippen molar-refractivity contribution in [3.63, 3.8) is 0 Å². The van der Waals surface area contributed by atoms with E-state index in [1.54, 1.807) is 0 Å². The Morgan fingerprint density at radius 2 is 1.11 bits per heavy atom. The summed E-state index contributed by atoms with van der Waals surface area (Å²) in [4.78, 5) is 44.4. The number of carboxylic acids is 2. The van der Waals surface area contributed by atoms with Crippen LogP contribution < -0.4 is 0 Å². The number of aliphatic carboxylic acids is 2. The van der Waals surface area contributed by atoms with Gasteiger partial charge in [-0.3, -0.25) is 29.8 Å². The van der Waals surface area contributed by atoms with Crippen molar-refractivity contribution in [3.8, 4) is 0 Å². The van der Waals surface area contributed by atoms with Gasteiger partial charge in [0.1, 0.15) is 0 Å². The predicted octanol–water partition coefficient (Wildman–Crippen LogP) is 2.79. The summed E-state index contributed by atoms with van der Waals surface area (Å²) in [7, 11) is 0. The summed E-state index contributed by atoms with van der Waals surface area (Å²) in [6.07, 6.45) is 0. The van der Waals surface area contributed by atoms with Gasteiger partial charge in [0.2, 0.25) is 0 Å². The van der Waals surface area contributed by atoms with Crippen LogP contribution >= 0.6 is 0 Å². The Kier molecular flexibility index (Phi) is 4.78. The zero-order chi connectivity index (χ0) is 20.6. The fraction of sp³-hybridized carbons (Fsp3) is 0.222. The number of rotatable bonds is 6. The van der Waals surface area contributed by atoms with E-state index in [0.717, 1.165) is 0 Å². The second kappa shape index (κ2) is 7.06. The Bertz CT molecular complexity index is 910. The normalized spacial score (nSPS) is 23.4. The summed E-state index contributed by atoms with van der Waals surface area (Å²) >= 11 is 0. The standard InChI is InChI=1S/C18H14N2O8/c21-17(22)15-13(9-3-1-5-11(7-9)19(25)26)14(16(15)18(23)24)10-4-2-6-12(8-10)20(27)28/h1-8,13-16H,(H,21,22)(H,23,24). The Labute approximate surface area is 157 Å². The van der Waals surface area contributed by atoms with Crippen molar-refractivity contribution < 1.29 is 29.6 Å². The summed E-state index contributed by atoms with van der Waals surface area (Å²) in [5.74, 6) is -7.07. The van der Waals surface area contributed by atoms with Crippen LogP contribution in [0.4, 0.5) is 11.4 Å². The molecule has 0 heterocycles. The van der Waals surface area contributed by atoms with E-state index in [1.807, 2.05) is 0 Å². The molecule has 2 aromatic rings. The lowest BCUT2D eigenvalue weighted by Gasteiger charge is -2.48. The predicted molar refractivity (Wildman–Crippen MR) is 93.9 cm³/mol. The van der Waals surface area contributed by atoms with Crippen molar-refractivity contribution in [1.82, 2.24) is 0 Å². The first-order valence-electron chi connectivity index (χ1n) is 8.16. The van der Waals surface area contributed by atoms with E-state index in [9.17, 15) is 40.0 Å². The number of nitro groups is 2. The van der Waals surface area contributed by atoms with Crippen LogP contribution in [0, 0.1) is 32.1 Å². The van der Waals surface area contributed by atoms with E-state index < -0.39 is 45.5 Å². The van der Waals surface area contributed by atoms with E-state index in [0.29, 0.717) is 11.1 Å². The van der Waals surface area contributed by atoms with Crippen LogP contribution in [0.3, 0.4) is 0 Å². The topological polar surface area (TPSA) is 161 Å². The summed E-state index contributed by atoms with van der Waals surface area (Å²) < 4.78 is 0. The molecule has 2 aromatic carbocycles. The Morgan fingerprint density at radius 1 is 0.750 bits per heavy atom. The summed E-state index contributed by atoms with van der Waals surface area (Å²) in [5.41, 5.74) is 0.0997. The van der Waals surface area contributed by atoms with Gasteiger partial charge in [-0.25, -0.2) is 0 Å². The average Bonchev–Trinajstić information content (AvgIpc) is 2.60. The quantitative estimate of drug-likeness (QED) is 0.566. The van der Waals surface area contributed by atoms with Crippen LogP contribution in [0.15, 0.2) is 48.5 Å². The Morgan fingerprint density at radius 3 is 1.39 bits per heavy atom. The minimum absolute atomic E-state index is 0.252. The molecule has 0 saturated heterocycles. The van der Waals surface area contributed by atoms with Crippen LogP contribution in [0.2, 0.25) is 0 Å². The monoisotopic (exact) mass is 386 g/mol. The van der Waals surface area contributed by atoms with Gasteiger partial charge in [0.05, 0.1) is 21.7 Å². The third-order valence-electron chi connectivity index (χ3n) is 5.05. The fourth-order valence-electron chi connectivity index (χ4n) is 3.88. The molecule has 3 rings (SSSR count). The molecule has 0 bridgehead atoms. The van der Waals surface area contributed by atoms with Gasteiger partial charge in [-0.05, 0) is 11.1 Å². The SMILES string of the molecule is O=C(O)C1C(C(=O)O)C(c2cccc([N+](=O)[O-])c2)C1c1cccc([N+](=O)[O-])c1. The minimum atomic E-state index is -1.34. The molecule has 2 N–H and O–H groups in total. The number of nitrogens with zero attached hydrogens (tertiary/aromatic N) is 2. The molecule has 1 aliphatic carbocycles. The lowest BCUT2D eigenvalue weighted by atomic mass is 9.52. The third-order valence-corrected chi connectivity index (χ3v) is 5.05. The second-order valence-corrected chi connectivity index (χ2v) is 6.48. The number of hydrogen-bond acceptors (Lipinski definition) is 6. The van der Waals surface area contributed by atoms with Crippen LogP contribution in [-0.4, -0.2) is 32.0 Å². The van der Waals surface area contributed by atoms with Gasteiger partial charge in [0.25, 0.3) is 11.4 Å². The highest BCUT2D eigenvalue weighted by atomic mass is 16.6. The smallest absolute Gasteiger partial charge is 0.308 e. The number of hydrogen-bond donors (Lipinski definition) is 2. The van der Waals surface area contributed by atoms with E-state index in [4.69, 9.17) is 0 Å². The van der Waals surface area contributed by atoms with Gasteiger partial charge in [-0.15, -0.1) is 0 Å². The second-order valence-electron chi connectivity index (χ2n) is 6.48. The number of non-ortho nitro benzene ring substituents is 2. The highest BCUT2D eigenvalue weighted by molar-refractivity contribution is 5.85. The maximum Gasteiger partial charge on any atom is 0.308 e. The van der Waals surface area contributed by atoms with Crippen molar-refractivity contribution in [3.05, 3.63) is 79.9 Å². The summed E-state index contributed by atoms with van der Waals surface area (Å²) in [6.45, 7) is 0. The molecule has 10 heteroatoms. The van der Waals surface area contributed by atoms with Gasteiger partial charge >= 0.3 is 11.9 Å². The van der Waals surface area contributed by atoms with Crippen molar-refractivity contribution in [2.24, 2.45) is 11.8 Å². The molecule has 4 unspecified atom stereocenters. The Balaban J connectivity index is 2.13. The van der Waals surface area contributed by atoms with E-state index >= 15 is 0 Å². The fourth-order valence-corrected chi connectivity index (χ4v) is 3.88. The highest BCUT2D eigenvalue weighted by Gasteiger charge is 2.59. The van der Waals surface area contributed by atoms with Crippen LogP contribution in [-0.2, 0) is 9.59 Å². The molecular formula is C18H14N2O8. The van der Waals surface area contributed by atoms with Gasteiger partial charge in [0, 0.05) is 36.1 Å². The molecule has 10 nitrogen and oxygen atoms in total. The number of carbonyl (C=O) groups is 2. The minimum Gasteiger partial charge on any atom is -0.481 e. The molecular weight excluding hydrogens is 372 g/mol. The zero-order valence-electron chi connectivity index (χ0n) is 14.2. The van der Waals surface area contributed by atoms with Crippen molar-refractivity contribution in [2.45, 2.75) is 11.8 Å². The van der Waals surface area contributed by atoms with Gasteiger partial charge in [-0.1, -0.05) is 24.3 Å². The first-order valence-corrected chi connectivity index (χ1v) is 8.16. The molecule has 28 heavy (non-hydrogen) atoms. The van der Waals surface area contributed by atoms with Crippen LogP contribution in [0.1, 0.15) is 23.0 Å². The van der Waals surface area contributed by atoms with Crippen molar-refractivity contribution >= 4 is 23.3 Å². The molecule has 144 valence electrons. The summed E-state index contributed by atoms with van der Waals surface area (Å²) in [5, 5.41) is 41.3. The van der Waals surface area contributed by atoms with Gasteiger partial charge in [-0.2, -0.15) is 0 Å². The van der Waals surface area contributed by atoms with E-state index in [-0.39, 0.29) is 11.4 Å². The van der Waals surface area contributed by atoms with Crippen molar-refractivity contribution in [1.29, 1.82) is 0 Å². The van der Waals surface area contributed by atoms with Crippen LogP contribution in [0.5, 0.6) is 0 Å². The van der Waals surface area contributed by atoms with Gasteiger partial charge < -0.3 is 10.2 Å². The Hall–Kier alpha value is -3.82. The molecule has 0 radical (unpaired) electrons. The molecule has 0 spiro atoms. The van der Waals surface area contributed by atoms with Gasteiger partial charge in [0.15, 0.2) is 0 Å². The van der Waals surface area contributed by atoms with Crippen molar-refractivity contribution in [2.75, 3.05) is 0 Å². The average molecular weight is 386 g/mol. The van der Waals surface area contributed by atoms with Crippen LogP contribution in [0.25, 0.3) is 0 Å². The zero-order valence-corrected chi connectivity index (χ0v) is 14.2. The lowest BCUT2D eigenvalue weighted by molar-refractivity contribution is -0.385. The molecule has 0 amide bonds. The molecule has 0 aromatic heterocycles. The summed E-state index contributed by atoms with van der Waals surface area (Å²) in [6, 6.07) is 10.7. The lowest BCUT2D eigenvalue weighted by Crippen LogP contribution is -2.51. The number of nitro benzene ring substituents is 2. The molecule has 4 atom stereocenters. The first-order chi connectivity index (χ1) is 13.2. The highest BCUT2D eigenvalue weighted by Crippen LogP contribution is 2.58. The molecule has 1 saturated carbocycles. The maximum absolute atomic E-state index is 11.7. The molecule has 0 aliphatic heterocycles. The van der Waals surface area contributed by atoms with E-state index in [2.05, 4.69) is 0 Å².